The highest BCUT2D eigenvalue weighted by molar-refractivity contribution is 5.91. The largest absolute Gasteiger partial charge is 0.311 e. The highest BCUT2D eigenvalue weighted by Crippen LogP contribution is 2.05. The summed E-state index contributed by atoms with van der Waals surface area (Å²) in [5.41, 5.74) is 4.13. The molecule has 7 nitrogen and oxygen atoms in total. The number of hydrogen-bond donors (Lipinski definition) is 1. The van der Waals surface area contributed by atoms with E-state index in [4.69, 9.17) is 0 Å². The summed E-state index contributed by atoms with van der Waals surface area (Å²) in [6, 6.07) is 7.93. The number of rotatable bonds is 3. The van der Waals surface area contributed by atoms with Gasteiger partial charge in [-0.3, -0.25) is 4.79 Å². The van der Waals surface area contributed by atoms with E-state index in [-0.39, 0.29) is 11.4 Å². The molecule has 1 aromatic carbocycles. The Balaban J connectivity index is 1.79. The number of benzene rings is 1. The van der Waals surface area contributed by atoms with Crippen LogP contribution in [0.1, 0.15) is 27.6 Å². The van der Waals surface area contributed by atoms with E-state index in [2.05, 4.69) is 25.6 Å². The lowest BCUT2D eigenvalue weighted by Gasteiger charge is -1.97. The first-order valence-corrected chi connectivity index (χ1v) is 6.83. The smallest absolute Gasteiger partial charge is 0.264 e. The van der Waals surface area contributed by atoms with Gasteiger partial charge in [-0.25, -0.2) is 19.3 Å². The molecule has 116 valence electrons. The first kappa shape index (κ1) is 14.8. The van der Waals surface area contributed by atoms with E-state index in [0.29, 0.717) is 5.78 Å². The number of amides is 1. The Morgan fingerprint density at radius 2 is 2.09 bits per heavy atom. The Morgan fingerprint density at radius 3 is 2.87 bits per heavy atom. The van der Waals surface area contributed by atoms with Crippen LogP contribution in [0, 0.1) is 19.7 Å². The molecule has 2 heterocycles. The first-order valence-electron chi connectivity index (χ1n) is 6.83. The monoisotopic (exact) mass is 312 g/mol. The quantitative estimate of drug-likeness (QED) is 0.588. The van der Waals surface area contributed by atoms with Crippen LogP contribution in [0.3, 0.4) is 0 Å². The zero-order valence-corrected chi connectivity index (χ0v) is 12.5. The fourth-order valence-electron chi connectivity index (χ4n) is 2.05. The molecule has 8 heteroatoms. The fraction of sp³-hybridized carbons (Fsp3) is 0.133. The molecule has 23 heavy (non-hydrogen) atoms. The molecule has 0 aliphatic heterocycles. The van der Waals surface area contributed by atoms with Crippen LogP contribution in [0.15, 0.2) is 35.4 Å². The summed E-state index contributed by atoms with van der Waals surface area (Å²) < 4.78 is 14.9. The maximum absolute atomic E-state index is 13.4. The molecule has 1 N–H and O–H groups in total. The topological polar surface area (TPSA) is 84.5 Å². The number of nitrogens with zero attached hydrogens (tertiary/aromatic N) is 5. The highest BCUT2D eigenvalue weighted by Gasteiger charge is 2.14. The number of nitrogens with one attached hydrogen (secondary N) is 1. The second-order valence-corrected chi connectivity index (χ2v) is 4.91. The van der Waals surface area contributed by atoms with Crippen molar-refractivity contribution in [1.29, 1.82) is 0 Å². The molecule has 1 amide bonds. The minimum absolute atomic E-state index is 0.0584. The van der Waals surface area contributed by atoms with Gasteiger partial charge in [0.2, 0.25) is 5.82 Å². The zero-order chi connectivity index (χ0) is 16.4. The van der Waals surface area contributed by atoms with E-state index in [1.165, 1.54) is 16.8 Å². The van der Waals surface area contributed by atoms with Gasteiger partial charge in [0.25, 0.3) is 5.78 Å². The van der Waals surface area contributed by atoms with Gasteiger partial charge in [0.1, 0.15) is 5.82 Å². The van der Waals surface area contributed by atoms with Crippen molar-refractivity contribution in [2.24, 2.45) is 5.10 Å². The number of fused-ring (bicyclic) bond motifs is 1. The third-order valence-corrected chi connectivity index (χ3v) is 3.10. The number of halogens is 1. The van der Waals surface area contributed by atoms with Gasteiger partial charge in [0, 0.05) is 17.0 Å². The van der Waals surface area contributed by atoms with Crippen molar-refractivity contribution in [2.45, 2.75) is 13.8 Å². The zero-order valence-electron chi connectivity index (χ0n) is 12.5. The molecule has 0 bridgehead atoms. The lowest BCUT2D eigenvalue weighted by Crippen LogP contribution is -2.19. The summed E-state index contributed by atoms with van der Waals surface area (Å²) in [4.78, 5) is 20.3. The molecule has 0 fully saturated rings. The van der Waals surface area contributed by atoms with Gasteiger partial charge in [-0.05, 0) is 26.0 Å². The van der Waals surface area contributed by atoms with Crippen LogP contribution in [-0.2, 0) is 0 Å². The second-order valence-electron chi connectivity index (χ2n) is 4.91. The van der Waals surface area contributed by atoms with Gasteiger partial charge in [-0.15, -0.1) is 5.10 Å². The standard InChI is InChI=1S/C15H13FN6O/c1-9-7-10(2)22-15(18-9)19-13(21-22)14(23)20-17-8-11-5-3-4-6-12(11)16/h3-8H,1-2H3,(H,20,23). The third-order valence-electron chi connectivity index (χ3n) is 3.10. The van der Waals surface area contributed by atoms with Crippen molar-refractivity contribution in [3.63, 3.8) is 0 Å². The normalized spacial score (nSPS) is 11.3. The Labute approximate surface area is 130 Å². The Bertz CT molecular complexity index is 917. The maximum atomic E-state index is 13.4. The second kappa shape index (κ2) is 5.91. The molecule has 2 aromatic heterocycles. The minimum Gasteiger partial charge on any atom is -0.264 e. The molecule has 0 aliphatic carbocycles. The fourth-order valence-corrected chi connectivity index (χ4v) is 2.05. The van der Waals surface area contributed by atoms with Gasteiger partial charge < -0.3 is 0 Å². The number of carbonyl (C=O) groups is 1. The molecule has 3 aromatic rings. The number of aryl methyl sites for hydroxylation is 2. The van der Waals surface area contributed by atoms with Crippen LogP contribution in [0.5, 0.6) is 0 Å². The van der Waals surface area contributed by atoms with E-state index < -0.39 is 11.7 Å². The molecule has 0 aliphatic rings. The number of aromatic nitrogens is 4. The first-order chi connectivity index (χ1) is 11.0. The number of hydrogen-bond acceptors (Lipinski definition) is 5. The van der Waals surface area contributed by atoms with Gasteiger partial charge in [-0.2, -0.15) is 10.1 Å². The molecule has 0 saturated heterocycles. The molecule has 0 radical (unpaired) electrons. The van der Waals surface area contributed by atoms with Gasteiger partial charge >= 0.3 is 5.91 Å². The van der Waals surface area contributed by atoms with Crippen molar-refractivity contribution in [2.75, 3.05) is 0 Å². The predicted molar refractivity (Wildman–Crippen MR) is 81.7 cm³/mol. The maximum Gasteiger partial charge on any atom is 0.311 e. The molecule has 3 rings (SSSR count). The van der Waals surface area contributed by atoms with E-state index in [1.54, 1.807) is 18.2 Å². The molecule has 0 saturated carbocycles. The summed E-state index contributed by atoms with van der Waals surface area (Å²) in [7, 11) is 0. The molecule has 0 atom stereocenters. The lowest BCUT2D eigenvalue weighted by molar-refractivity contribution is 0.0945. The van der Waals surface area contributed by atoms with Crippen LogP contribution < -0.4 is 5.43 Å². The Kier molecular flexibility index (Phi) is 3.80. The van der Waals surface area contributed by atoms with Crippen molar-refractivity contribution in [1.82, 2.24) is 25.0 Å². The number of carbonyl (C=O) groups excluding carboxylic acids is 1. The molecular weight excluding hydrogens is 299 g/mol. The van der Waals surface area contributed by atoms with Gasteiger partial charge in [-0.1, -0.05) is 18.2 Å². The Morgan fingerprint density at radius 1 is 1.30 bits per heavy atom. The summed E-state index contributed by atoms with van der Waals surface area (Å²) >= 11 is 0. The van der Waals surface area contributed by atoms with Crippen LogP contribution in [0.4, 0.5) is 4.39 Å². The van der Waals surface area contributed by atoms with Crippen LogP contribution >= 0.6 is 0 Å². The van der Waals surface area contributed by atoms with Crippen LogP contribution in [0.25, 0.3) is 5.78 Å². The van der Waals surface area contributed by atoms with E-state index in [9.17, 15) is 9.18 Å². The molecular formula is C15H13FN6O. The highest BCUT2D eigenvalue weighted by atomic mass is 19.1. The molecule has 0 unspecified atom stereocenters. The lowest BCUT2D eigenvalue weighted by atomic mass is 10.2. The van der Waals surface area contributed by atoms with E-state index >= 15 is 0 Å². The summed E-state index contributed by atoms with van der Waals surface area (Å²) in [6.07, 6.45) is 1.22. The van der Waals surface area contributed by atoms with Crippen LogP contribution in [-0.4, -0.2) is 31.7 Å². The Hall–Kier alpha value is -3.16. The van der Waals surface area contributed by atoms with Crippen molar-refractivity contribution >= 4 is 17.9 Å². The van der Waals surface area contributed by atoms with Gasteiger partial charge in [0.15, 0.2) is 0 Å². The van der Waals surface area contributed by atoms with E-state index in [1.807, 2.05) is 19.9 Å². The van der Waals surface area contributed by atoms with E-state index in [0.717, 1.165) is 11.4 Å². The molecule has 0 spiro atoms. The van der Waals surface area contributed by atoms with Crippen molar-refractivity contribution in [3.8, 4) is 0 Å². The van der Waals surface area contributed by atoms with Gasteiger partial charge in [0.05, 0.1) is 6.21 Å². The third kappa shape index (κ3) is 3.05. The average Bonchev–Trinajstić information content (AvgIpc) is 2.93. The summed E-state index contributed by atoms with van der Waals surface area (Å²) in [5, 5.41) is 7.79. The summed E-state index contributed by atoms with van der Waals surface area (Å²) in [6.45, 7) is 3.68. The predicted octanol–water partition coefficient (Wildman–Crippen LogP) is 1.64. The van der Waals surface area contributed by atoms with Crippen LogP contribution in [0.2, 0.25) is 0 Å². The summed E-state index contributed by atoms with van der Waals surface area (Å²) in [5.74, 6) is -0.741. The minimum atomic E-state index is -0.597. The average molecular weight is 312 g/mol. The number of hydrazone groups is 1. The van der Waals surface area contributed by atoms with Crippen molar-refractivity contribution < 1.29 is 9.18 Å². The van der Waals surface area contributed by atoms with Crippen molar-refractivity contribution in [3.05, 3.63) is 58.9 Å². The SMILES string of the molecule is Cc1cc(C)n2nc(C(=O)NN=Cc3ccccc3F)nc2n1.